The summed E-state index contributed by atoms with van der Waals surface area (Å²) in [6, 6.07) is 11.6. The molecule has 0 N–H and O–H groups in total. The largest absolute Gasteiger partial charge is 0.457 e. The molecule has 1 heterocycles. The van der Waals surface area contributed by atoms with Crippen molar-refractivity contribution < 1.29 is 13.9 Å². The molecule has 0 aliphatic heterocycles. The number of fused-ring (bicyclic) bond motifs is 1. The van der Waals surface area contributed by atoms with E-state index in [4.69, 9.17) is 20.8 Å². The molecule has 2 aromatic carbocycles. The molecular formula is C19H15ClO4. The van der Waals surface area contributed by atoms with Gasteiger partial charge in [-0.05, 0) is 49.2 Å². The van der Waals surface area contributed by atoms with Gasteiger partial charge in [0.2, 0.25) is 0 Å². The zero-order valence-corrected chi connectivity index (χ0v) is 14.0. The maximum Gasteiger partial charge on any atom is 0.338 e. The zero-order chi connectivity index (χ0) is 17.3. The van der Waals surface area contributed by atoms with Crippen molar-refractivity contribution >= 4 is 28.5 Å². The van der Waals surface area contributed by atoms with Crippen LogP contribution in [-0.2, 0) is 11.3 Å². The van der Waals surface area contributed by atoms with Gasteiger partial charge in [-0.3, -0.25) is 0 Å². The van der Waals surface area contributed by atoms with Crippen molar-refractivity contribution in [2.75, 3.05) is 0 Å². The van der Waals surface area contributed by atoms with E-state index < -0.39 is 11.6 Å². The molecule has 0 saturated carbocycles. The fourth-order valence-corrected chi connectivity index (χ4v) is 2.58. The Labute approximate surface area is 143 Å². The number of benzene rings is 2. The van der Waals surface area contributed by atoms with Gasteiger partial charge < -0.3 is 9.15 Å². The van der Waals surface area contributed by atoms with Crippen molar-refractivity contribution in [3.05, 3.63) is 80.2 Å². The van der Waals surface area contributed by atoms with Gasteiger partial charge in [-0.2, -0.15) is 0 Å². The van der Waals surface area contributed by atoms with Crippen LogP contribution in [-0.4, -0.2) is 5.97 Å². The molecule has 0 amide bonds. The molecule has 5 heteroatoms. The summed E-state index contributed by atoms with van der Waals surface area (Å²) < 4.78 is 10.6. The molecule has 3 aromatic rings. The van der Waals surface area contributed by atoms with Crippen LogP contribution in [0.4, 0.5) is 0 Å². The maximum absolute atomic E-state index is 12.1. The summed E-state index contributed by atoms with van der Waals surface area (Å²) in [5.41, 5.74) is 3.01. The molecule has 0 spiro atoms. The average Bonchev–Trinajstić information content (AvgIpc) is 2.56. The number of halogens is 1. The highest BCUT2D eigenvalue weighted by Crippen LogP contribution is 2.24. The predicted octanol–water partition coefficient (Wildman–Crippen LogP) is 4.42. The Morgan fingerprint density at radius 2 is 1.83 bits per heavy atom. The predicted molar refractivity (Wildman–Crippen MR) is 92.5 cm³/mol. The highest BCUT2D eigenvalue weighted by Gasteiger charge is 2.12. The van der Waals surface area contributed by atoms with Crippen molar-refractivity contribution in [3.8, 4) is 0 Å². The number of aryl methyl sites for hydroxylation is 2. The van der Waals surface area contributed by atoms with Crippen molar-refractivity contribution in [1.82, 2.24) is 0 Å². The summed E-state index contributed by atoms with van der Waals surface area (Å²) in [6.45, 7) is 3.83. The van der Waals surface area contributed by atoms with Crippen LogP contribution in [0.25, 0.3) is 11.0 Å². The van der Waals surface area contributed by atoms with Crippen LogP contribution in [0.5, 0.6) is 0 Å². The van der Waals surface area contributed by atoms with Crippen molar-refractivity contribution in [3.63, 3.8) is 0 Å². The van der Waals surface area contributed by atoms with Crippen molar-refractivity contribution in [1.29, 1.82) is 0 Å². The van der Waals surface area contributed by atoms with Gasteiger partial charge in [-0.25, -0.2) is 9.59 Å². The number of ether oxygens (including phenoxy) is 1. The lowest BCUT2D eigenvalue weighted by molar-refractivity contribution is 0.0474. The Morgan fingerprint density at radius 3 is 2.54 bits per heavy atom. The van der Waals surface area contributed by atoms with E-state index in [9.17, 15) is 9.59 Å². The van der Waals surface area contributed by atoms with Gasteiger partial charge in [0.05, 0.1) is 5.56 Å². The minimum atomic E-state index is -0.475. The Balaban J connectivity index is 1.90. The summed E-state index contributed by atoms with van der Waals surface area (Å²) in [5.74, 6) is -0.475. The first-order chi connectivity index (χ1) is 11.5. The van der Waals surface area contributed by atoms with E-state index in [-0.39, 0.29) is 6.61 Å². The molecule has 0 aliphatic rings. The second-order valence-electron chi connectivity index (χ2n) is 5.56. The van der Waals surface area contributed by atoms with Crippen LogP contribution in [0.1, 0.15) is 27.0 Å². The summed E-state index contributed by atoms with van der Waals surface area (Å²) in [5, 5.41) is 1.31. The number of hydrogen-bond donors (Lipinski definition) is 0. The Morgan fingerprint density at radius 1 is 1.12 bits per heavy atom. The van der Waals surface area contributed by atoms with E-state index in [0.29, 0.717) is 21.7 Å². The van der Waals surface area contributed by atoms with Crippen LogP contribution in [0.3, 0.4) is 0 Å². The van der Waals surface area contributed by atoms with E-state index in [1.54, 1.807) is 24.3 Å². The molecular weight excluding hydrogens is 328 g/mol. The van der Waals surface area contributed by atoms with E-state index >= 15 is 0 Å². The molecule has 1 aromatic heterocycles. The molecule has 3 rings (SSSR count). The third kappa shape index (κ3) is 3.19. The van der Waals surface area contributed by atoms with Crippen molar-refractivity contribution in [2.24, 2.45) is 0 Å². The number of hydrogen-bond acceptors (Lipinski definition) is 4. The third-order valence-electron chi connectivity index (χ3n) is 3.96. The van der Waals surface area contributed by atoms with Gasteiger partial charge in [0.25, 0.3) is 0 Å². The van der Waals surface area contributed by atoms with Crippen LogP contribution < -0.4 is 5.63 Å². The highest BCUT2D eigenvalue weighted by molar-refractivity contribution is 6.30. The lowest BCUT2D eigenvalue weighted by atomic mass is 10.0. The Hall–Kier alpha value is -2.59. The van der Waals surface area contributed by atoms with Gasteiger partial charge in [0.15, 0.2) is 0 Å². The van der Waals surface area contributed by atoms with Gasteiger partial charge in [-0.15, -0.1) is 0 Å². The molecule has 0 radical (unpaired) electrons. The van der Waals surface area contributed by atoms with Crippen molar-refractivity contribution in [2.45, 2.75) is 20.5 Å². The molecule has 24 heavy (non-hydrogen) atoms. The summed E-state index contributed by atoms with van der Waals surface area (Å²) in [4.78, 5) is 23.9. The van der Waals surface area contributed by atoms with Gasteiger partial charge in [0.1, 0.15) is 12.2 Å². The molecule has 0 fully saturated rings. The van der Waals surface area contributed by atoms with Gasteiger partial charge >= 0.3 is 11.6 Å². The van der Waals surface area contributed by atoms with Crippen LogP contribution >= 0.6 is 11.6 Å². The normalized spacial score (nSPS) is 10.8. The highest BCUT2D eigenvalue weighted by atomic mass is 35.5. The first kappa shape index (κ1) is 16.3. The minimum absolute atomic E-state index is 0.00788. The van der Waals surface area contributed by atoms with Crippen LogP contribution in [0, 0.1) is 13.8 Å². The molecule has 0 aliphatic carbocycles. The standard InChI is InChI=1S/C19H15ClO4/c1-11-3-8-16-14(9-17(21)24-18(16)12(11)2)10-23-19(22)13-4-6-15(20)7-5-13/h3-9H,10H2,1-2H3. The quantitative estimate of drug-likeness (QED) is 0.522. The first-order valence-electron chi connectivity index (χ1n) is 7.41. The maximum atomic E-state index is 12.1. The zero-order valence-electron chi connectivity index (χ0n) is 13.3. The van der Waals surface area contributed by atoms with Gasteiger partial charge in [0, 0.05) is 22.0 Å². The smallest absolute Gasteiger partial charge is 0.338 e. The SMILES string of the molecule is Cc1ccc2c(COC(=O)c3ccc(Cl)cc3)cc(=O)oc2c1C. The first-order valence-corrected chi connectivity index (χ1v) is 7.79. The number of carbonyl (C=O) groups excluding carboxylic acids is 1. The van der Waals surface area contributed by atoms with E-state index in [2.05, 4.69) is 0 Å². The molecule has 122 valence electrons. The van der Waals surface area contributed by atoms with Gasteiger partial charge in [-0.1, -0.05) is 23.7 Å². The number of carbonyl (C=O) groups is 1. The summed E-state index contributed by atoms with van der Waals surface area (Å²) in [6.07, 6.45) is 0. The second kappa shape index (κ2) is 6.49. The minimum Gasteiger partial charge on any atom is -0.457 e. The Bertz CT molecular complexity index is 971. The third-order valence-corrected chi connectivity index (χ3v) is 4.21. The van der Waals surface area contributed by atoms with E-state index in [0.717, 1.165) is 16.5 Å². The molecule has 0 bridgehead atoms. The number of esters is 1. The fourth-order valence-electron chi connectivity index (χ4n) is 2.46. The Kier molecular flexibility index (Phi) is 4.40. The monoisotopic (exact) mass is 342 g/mol. The number of rotatable bonds is 3. The lowest BCUT2D eigenvalue weighted by Crippen LogP contribution is -2.08. The summed E-state index contributed by atoms with van der Waals surface area (Å²) >= 11 is 5.80. The summed E-state index contributed by atoms with van der Waals surface area (Å²) in [7, 11) is 0. The van der Waals surface area contributed by atoms with E-state index in [1.165, 1.54) is 6.07 Å². The van der Waals surface area contributed by atoms with Crippen LogP contribution in [0.15, 0.2) is 51.7 Å². The molecule has 0 unspecified atom stereocenters. The molecule has 0 atom stereocenters. The van der Waals surface area contributed by atoms with Crippen LogP contribution in [0.2, 0.25) is 5.02 Å². The molecule has 0 saturated heterocycles. The topological polar surface area (TPSA) is 56.5 Å². The lowest BCUT2D eigenvalue weighted by Gasteiger charge is -2.10. The average molecular weight is 343 g/mol. The second-order valence-corrected chi connectivity index (χ2v) is 5.99. The fraction of sp³-hybridized carbons (Fsp3) is 0.158. The van der Waals surface area contributed by atoms with E-state index in [1.807, 2.05) is 26.0 Å². The molecule has 4 nitrogen and oxygen atoms in total.